The van der Waals surface area contributed by atoms with Gasteiger partial charge in [-0.15, -0.1) is 0 Å². The number of carbonyl (C=O) groups excluding carboxylic acids is 1. The molecule has 108 valence electrons. The van der Waals surface area contributed by atoms with E-state index in [2.05, 4.69) is 4.74 Å². The maximum atomic E-state index is 13.6. The van der Waals surface area contributed by atoms with Gasteiger partial charge in [-0.25, -0.2) is 9.18 Å². The number of rotatable bonds is 3. The van der Waals surface area contributed by atoms with E-state index in [1.807, 2.05) is 0 Å². The van der Waals surface area contributed by atoms with E-state index in [9.17, 15) is 9.18 Å². The lowest BCUT2D eigenvalue weighted by atomic mass is 9.87. The zero-order valence-electron chi connectivity index (χ0n) is 11.6. The van der Waals surface area contributed by atoms with Gasteiger partial charge in [0.2, 0.25) is 0 Å². The van der Waals surface area contributed by atoms with Crippen LogP contribution < -0.4 is 4.74 Å². The van der Waals surface area contributed by atoms with Crippen molar-refractivity contribution in [2.24, 2.45) is 11.8 Å². The van der Waals surface area contributed by atoms with E-state index >= 15 is 0 Å². The molecule has 0 unspecified atom stereocenters. The zero-order valence-corrected chi connectivity index (χ0v) is 11.6. The Bertz CT molecular complexity index is 502. The summed E-state index contributed by atoms with van der Waals surface area (Å²) in [4.78, 5) is 11.5. The lowest BCUT2D eigenvalue weighted by molar-refractivity contribution is 0.0598. The van der Waals surface area contributed by atoms with Crippen LogP contribution in [-0.4, -0.2) is 19.2 Å². The second-order valence-corrected chi connectivity index (χ2v) is 5.92. The number of fused-ring (bicyclic) bond motifs is 2. The van der Waals surface area contributed by atoms with Crippen molar-refractivity contribution in [3.8, 4) is 5.75 Å². The minimum absolute atomic E-state index is 0.147. The summed E-state index contributed by atoms with van der Waals surface area (Å²) in [5.74, 6) is 0.927. The highest BCUT2D eigenvalue weighted by Gasteiger charge is 2.35. The number of hydrogen-bond donors (Lipinski definition) is 0. The summed E-state index contributed by atoms with van der Waals surface area (Å²) >= 11 is 0. The van der Waals surface area contributed by atoms with Crippen LogP contribution in [0.1, 0.15) is 42.5 Å². The number of esters is 1. The molecule has 3 rings (SSSR count). The molecular formula is C16H19FO3. The Balaban J connectivity index is 1.73. The van der Waals surface area contributed by atoms with E-state index in [1.54, 1.807) is 6.07 Å². The van der Waals surface area contributed by atoms with Gasteiger partial charge in [-0.3, -0.25) is 0 Å². The highest BCUT2D eigenvalue weighted by atomic mass is 19.1. The summed E-state index contributed by atoms with van der Waals surface area (Å²) in [5.41, 5.74) is 0.196. The topological polar surface area (TPSA) is 35.5 Å². The molecule has 1 aromatic carbocycles. The number of carbonyl (C=O) groups is 1. The Hall–Kier alpha value is -1.58. The maximum absolute atomic E-state index is 13.6. The highest BCUT2D eigenvalue weighted by molar-refractivity contribution is 5.89. The molecule has 0 radical (unpaired) electrons. The first-order valence-corrected chi connectivity index (χ1v) is 7.19. The van der Waals surface area contributed by atoms with E-state index in [0.29, 0.717) is 5.75 Å². The van der Waals surface area contributed by atoms with Gasteiger partial charge in [0.25, 0.3) is 0 Å². The normalized spacial score (nSPS) is 28.2. The van der Waals surface area contributed by atoms with E-state index in [0.717, 1.165) is 24.7 Å². The molecule has 0 amide bonds. The molecule has 20 heavy (non-hydrogen) atoms. The van der Waals surface area contributed by atoms with Crippen molar-refractivity contribution >= 4 is 5.97 Å². The largest absolute Gasteiger partial charge is 0.490 e. The van der Waals surface area contributed by atoms with Crippen molar-refractivity contribution < 1.29 is 18.7 Å². The number of benzene rings is 1. The molecule has 2 aliphatic carbocycles. The summed E-state index contributed by atoms with van der Waals surface area (Å²) < 4.78 is 24.1. The average Bonchev–Trinajstić information content (AvgIpc) is 2.76. The van der Waals surface area contributed by atoms with Crippen LogP contribution in [0.2, 0.25) is 0 Å². The van der Waals surface area contributed by atoms with Crippen molar-refractivity contribution in [2.45, 2.75) is 38.2 Å². The molecule has 0 saturated heterocycles. The molecule has 4 heteroatoms. The molecule has 2 saturated carbocycles. The second-order valence-electron chi connectivity index (χ2n) is 5.92. The standard InChI is InChI=1S/C16H19FO3/c1-19-16(18)12-7-13(17)9-15(8-12)20-14-5-10-2-3-11(4-10)6-14/h7-11,14H,2-6H2,1H3/t10-,11+,14-. The Morgan fingerprint density at radius 1 is 1.15 bits per heavy atom. The van der Waals surface area contributed by atoms with Gasteiger partial charge in [-0.1, -0.05) is 12.8 Å². The predicted molar refractivity (Wildman–Crippen MR) is 72.2 cm³/mol. The minimum atomic E-state index is -0.543. The number of hydrogen-bond acceptors (Lipinski definition) is 3. The summed E-state index contributed by atoms with van der Waals surface area (Å²) in [5, 5.41) is 0. The van der Waals surface area contributed by atoms with Crippen LogP contribution >= 0.6 is 0 Å². The molecule has 3 atom stereocenters. The summed E-state index contributed by atoms with van der Waals surface area (Å²) in [7, 11) is 1.28. The second kappa shape index (κ2) is 5.43. The quantitative estimate of drug-likeness (QED) is 0.793. The van der Waals surface area contributed by atoms with Gasteiger partial charge in [0, 0.05) is 6.07 Å². The highest BCUT2D eigenvalue weighted by Crippen LogP contribution is 2.43. The van der Waals surface area contributed by atoms with Gasteiger partial charge in [-0.2, -0.15) is 0 Å². The van der Waals surface area contributed by atoms with Crippen molar-refractivity contribution in [1.29, 1.82) is 0 Å². The molecular weight excluding hydrogens is 259 g/mol. The molecule has 1 aromatic rings. The van der Waals surface area contributed by atoms with Crippen molar-refractivity contribution in [2.75, 3.05) is 7.11 Å². The summed E-state index contributed by atoms with van der Waals surface area (Å²) in [6.45, 7) is 0. The third kappa shape index (κ3) is 2.79. The number of halogens is 1. The SMILES string of the molecule is COC(=O)c1cc(F)cc(O[C@@H]2C[C@@H]3CC[C@@H](C3)C2)c1. The number of ether oxygens (including phenoxy) is 2. The molecule has 0 heterocycles. The Morgan fingerprint density at radius 2 is 1.85 bits per heavy atom. The van der Waals surface area contributed by atoms with E-state index in [1.165, 1.54) is 38.5 Å². The predicted octanol–water partition coefficient (Wildman–Crippen LogP) is 3.57. The van der Waals surface area contributed by atoms with Crippen LogP contribution in [0, 0.1) is 17.7 Å². The first kappa shape index (κ1) is 13.4. The van der Waals surface area contributed by atoms with E-state index in [-0.39, 0.29) is 11.7 Å². The van der Waals surface area contributed by atoms with Crippen LogP contribution in [0.25, 0.3) is 0 Å². The Kier molecular flexibility index (Phi) is 3.64. The summed E-state index contributed by atoms with van der Waals surface area (Å²) in [6, 6.07) is 4.07. The van der Waals surface area contributed by atoms with Crippen LogP contribution in [-0.2, 0) is 4.74 Å². The first-order chi connectivity index (χ1) is 9.64. The molecule has 0 N–H and O–H groups in total. The van der Waals surface area contributed by atoms with Gasteiger partial charge < -0.3 is 9.47 Å². The molecule has 0 aromatic heterocycles. The van der Waals surface area contributed by atoms with Gasteiger partial charge in [0.15, 0.2) is 0 Å². The fourth-order valence-electron chi connectivity index (χ4n) is 3.60. The molecule has 2 bridgehead atoms. The van der Waals surface area contributed by atoms with Crippen molar-refractivity contribution in [1.82, 2.24) is 0 Å². The third-order valence-corrected chi connectivity index (χ3v) is 4.44. The maximum Gasteiger partial charge on any atom is 0.338 e. The van der Waals surface area contributed by atoms with Gasteiger partial charge >= 0.3 is 5.97 Å². The van der Waals surface area contributed by atoms with Gasteiger partial charge in [-0.05, 0) is 43.2 Å². The van der Waals surface area contributed by atoms with Crippen molar-refractivity contribution in [3.05, 3.63) is 29.6 Å². The fourth-order valence-corrected chi connectivity index (χ4v) is 3.60. The first-order valence-electron chi connectivity index (χ1n) is 7.19. The van der Waals surface area contributed by atoms with Crippen LogP contribution in [0.5, 0.6) is 5.75 Å². The van der Waals surface area contributed by atoms with Gasteiger partial charge in [0.1, 0.15) is 11.6 Å². The minimum Gasteiger partial charge on any atom is -0.490 e. The molecule has 2 fully saturated rings. The monoisotopic (exact) mass is 278 g/mol. The van der Waals surface area contributed by atoms with E-state index < -0.39 is 11.8 Å². The van der Waals surface area contributed by atoms with Gasteiger partial charge in [0.05, 0.1) is 18.8 Å². The third-order valence-electron chi connectivity index (χ3n) is 4.44. The molecule has 3 nitrogen and oxygen atoms in total. The lowest BCUT2D eigenvalue weighted by Crippen LogP contribution is -2.26. The lowest BCUT2D eigenvalue weighted by Gasteiger charge is -2.28. The molecule has 0 aliphatic heterocycles. The molecule has 2 aliphatic rings. The zero-order chi connectivity index (χ0) is 14.1. The smallest absolute Gasteiger partial charge is 0.338 e. The van der Waals surface area contributed by atoms with Crippen LogP contribution in [0.3, 0.4) is 0 Å². The number of methoxy groups -OCH3 is 1. The average molecular weight is 278 g/mol. The fraction of sp³-hybridized carbons (Fsp3) is 0.562. The van der Waals surface area contributed by atoms with Crippen LogP contribution in [0.15, 0.2) is 18.2 Å². The van der Waals surface area contributed by atoms with Crippen LogP contribution in [0.4, 0.5) is 4.39 Å². The molecule has 0 spiro atoms. The Labute approximate surface area is 118 Å². The Morgan fingerprint density at radius 3 is 2.50 bits per heavy atom. The van der Waals surface area contributed by atoms with Crippen molar-refractivity contribution in [3.63, 3.8) is 0 Å². The van der Waals surface area contributed by atoms with E-state index in [4.69, 9.17) is 4.74 Å². The summed E-state index contributed by atoms with van der Waals surface area (Å²) in [6.07, 6.45) is 6.13.